The highest BCUT2D eigenvalue weighted by Gasteiger charge is 2.52. The third kappa shape index (κ3) is 9.40. The molecule has 6 aliphatic rings. The van der Waals surface area contributed by atoms with Gasteiger partial charge in [0.2, 0.25) is 23.6 Å². The molecular weight excluding hydrogens is 819 g/mol. The Hall–Kier alpha value is -5.34. The summed E-state index contributed by atoms with van der Waals surface area (Å²) in [5, 5.41) is 19.6. The van der Waals surface area contributed by atoms with Gasteiger partial charge in [0.15, 0.2) is 23.1 Å². The third-order valence-corrected chi connectivity index (χ3v) is 14.7. The van der Waals surface area contributed by atoms with Gasteiger partial charge >= 0.3 is 0 Å². The fraction of sp³-hybridized carbons (Fsp3) is 0.520. The molecule has 10 rings (SSSR count). The number of hydrogen-bond donors (Lipinski definition) is 2. The second-order valence-corrected chi connectivity index (χ2v) is 18.8. The summed E-state index contributed by atoms with van der Waals surface area (Å²) in [5.41, 5.74) is 0.797. The van der Waals surface area contributed by atoms with Gasteiger partial charge in [0, 0.05) is 99.4 Å². The van der Waals surface area contributed by atoms with E-state index in [0.29, 0.717) is 24.8 Å². The molecular formula is C50H60F2N6O6. The van der Waals surface area contributed by atoms with Gasteiger partial charge in [-0.3, -0.25) is 9.59 Å². The minimum absolute atomic E-state index is 0.141. The van der Waals surface area contributed by atoms with Crippen molar-refractivity contribution in [1.82, 2.24) is 19.8 Å². The highest BCUT2D eigenvalue weighted by Crippen LogP contribution is 2.46. The first-order valence-electron chi connectivity index (χ1n) is 23.3. The molecule has 14 heteroatoms. The van der Waals surface area contributed by atoms with Crippen molar-refractivity contribution in [2.75, 3.05) is 49.1 Å². The molecule has 2 amide bonds. The maximum Gasteiger partial charge on any atom is 0.230 e. The molecule has 0 unspecified atom stereocenters. The van der Waals surface area contributed by atoms with Crippen LogP contribution in [0.2, 0.25) is 0 Å². The third-order valence-electron chi connectivity index (χ3n) is 14.7. The molecule has 2 aliphatic carbocycles. The zero-order valence-corrected chi connectivity index (χ0v) is 36.5. The monoisotopic (exact) mass is 878 g/mol. The number of aliphatic hydroxyl groups excluding tert-OH is 2. The number of carbonyl (C=O) groups is 2. The molecule has 2 atom stereocenters. The van der Waals surface area contributed by atoms with Gasteiger partial charge in [-0.05, 0) is 126 Å². The molecule has 64 heavy (non-hydrogen) atoms. The van der Waals surface area contributed by atoms with Crippen molar-refractivity contribution in [3.05, 3.63) is 96.8 Å². The summed E-state index contributed by atoms with van der Waals surface area (Å²) in [4.78, 5) is 43.6. The van der Waals surface area contributed by atoms with Crippen LogP contribution in [0.3, 0.4) is 0 Å². The van der Waals surface area contributed by atoms with E-state index < -0.39 is 11.6 Å². The Labute approximate surface area is 374 Å². The van der Waals surface area contributed by atoms with Crippen molar-refractivity contribution in [3.63, 3.8) is 0 Å². The molecule has 2 N–H and O–H groups in total. The van der Waals surface area contributed by atoms with Crippen molar-refractivity contribution < 1.29 is 38.1 Å². The zero-order chi connectivity index (χ0) is 44.3. The van der Waals surface area contributed by atoms with Crippen LogP contribution >= 0.6 is 0 Å². The lowest BCUT2D eigenvalue weighted by Gasteiger charge is -2.41. The molecule has 6 heterocycles. The van der Waals surface area contributed by atoms with Gasteiger partial charge in [0.1, 0.15) is 0 Å². The first kappa shape index (κ1) is 43.9. The highest BCUT2D eigenvalue weighted by atomic mass is 19.1. The van der Waals surface area contributed by atoms with Gasteiger partial charge < -0.3 is 39.3 Å². The van der Waals surface area contributed by atoms with Gasteiger partial charge in [-0.1, -0.05) is 12.1 Å². The average molecular weight is 879 g/mol. The summed E-state index contributed by atoms with van der Waals surface area (Å²) in [6.45, 7) is 4.45. The van der Waals surface area contributed by atoms with Gasteiger partial charge in [0.05, 0.1) is 23.0 Å². The number of likely N-dealkylation sites (tertiary alicyclic amines) is 2. The van der Waals surface area contributed by atoms with Crippen LogP contribution in [0, 0.1) is 22.5 Å². The number of ether oxygens (including phenoxy) is 2. The second kappa shape index (κ2) is 19.0. The summed E-state index contributed by atoms with van der Waals surface area (Å²) in [6.07, 6.45) is 14.7. The molecule has 2 aromatic heterocycles. The molecule has 2 aromatic carbocycles. The fourth-order valence-electron chi connectivity index (χ4n) is 11.2. The van der Waals surface area contributed by atoms with Crippen LogP contribution in [0.25, 0.3) is 0 Å². The predicted molar refractivity (Wildman–Crippen MR) is 238 cm³/mol. The second-order valence-electron chi connectivity index (χ2n) is 18.8. The zero-order valence-electron chi connectivity index (χ0n) is 36.5. The van der Waals surface area contributed by atoms with E-state index in [4.69, 9.17) is 9.47 Å². The topological polar surface area (TPSA) is 132 Å². The molecule has 340 valence electrons. The van der Waals surface area contributed by atoms with E-state index in [9.17, 15) is 28.6 Å². The van der Waals surface area contributed by atoms with Gasteiger partial charge in [-0.15, -0.1) is 0 Å². The molecule has 0 bridgehead atoms. The highest BCUT2D eigenvalue weighted by molar-refractivity contribution is 5.87. The number of benzene rings is 2. The minimum atomic E-state index is -0.437. The largest absolute Gasteiger partial charge is 0.436 e. The molecule has 0 radical (unpaired) electrons. The SMILES string of the molecule is O=C1N(C2CCC(O)CC2)CC[C@@]12CCCN(c1ccc(Oc3ccccn3)c(F)c1)C2.O=C1N(C2CCC(O)CC2)CC[C@@]12CCCN(c1ccc(Oc3ccccn3)c(F)c1)C2. The smallest absolute Gasteiger partial charge is 0.230 e. The van der Waals surface area contributed by atoms with Crippen LogP contribution in [0.5, 0.6) is 23.3 Å². The van der Waals surface area contributed by atoms with Crippen LogP contribution in [-0.2, 0) is 9.59 Å². The number of rotatable bonds is 8. The number of hydrogen-bond acceptors (Lipinski definition) is 10. The van der Waals surface area contributed by atoms with Gasteiger partial charge in [-0.25, -0.2) is 18.7 Å². The Bertz CT molecular complexity index is 2090. The number of piperidine rings is 2. The molecule has 2 saturated carbocycles. The standard InChI is InChI=1S/2C25H30FN3O3/c2*26-21-16-19(7-10-22(21)32-23-4-1-2-13-27-23)28-14-3-11-25(17-28)12-15-29(24(25)31)18-5-8-20(30)9-6-18/h2*1-2,4,7,10,13,16,18,20,30H,3,5-6,8-9,11-12,14-15,17H2/t2*18?,20?,25-/m11/s1. The summed E-state index contributed by atoms with van der Waals surface area (Å²) in [7, 11) is 0. The summed E-state index contributed by atoms with van der Waals surface area (Å²) >= 11 is 0. The number of aromatic nitrogens is 2. The molecule has 4 aromatic rings. The van der Waals surface area contributed by atoms with Crippen LogP contribution in [0.15, 0.2) is 85.2 Å². The fourth-order valence-corrected chi connectivity index (χ4v) is 11.2. The van der Waals surface area contributed by atoms with Gasteiger partial charge in [0.25, 0.3) is 0 Å². The normalized spacial score (nSPS) is 28.4. The van der Waals surface area contributed by atoms with Crippen LogP contribution < -0.4 is 19.3 Å². The van der Waals surface area contributed by atoms with E-state index in [-0.39, 0.29) is 58.4 Å². The molecule has 2 spiro atoms. The lowest BCUT2D eigenvalue weighted by molar-refractivity contribution is -0.140. The van der Waals surface area contributed by atoms with E-state index in [1.165, 1.54) is 12.1 Å². The Morgan fingerprint density at radius 2 is 0.969 bits per heavy atom. The van der Waals surface area contributed by atoms with Crippen molar-refractivity contribution >= 4 is 23.2 Å². The van der Waals surface area contributed by atoms with Crippen LogP contribution in [0.4, 0.5) is 20.2 Å². The summed E-state index contributed by atoms with van der Waals surface area (Å²) < 4.78 is 40.7. The number of pyridine rings is 2. The minimum Gasteiger partial charge on any atom is -0.436 e. The number of carbonyl (C=O) groups excluding carboxylic acids is 2. The lowest BCUT2D eigenvalue weighted by Crippen LogP contribution is -2.50. The van der Waals surface area contributed by atoms with Crippen molar-refractivity contribution in [2.24, 2.45) is 10.8 Å². The van der Waals surface area contributed by atoms with E-state index >= 15 is 0 Å². The maximum atomic E-state index is 14.8. The van der Waals surface area contributed by atoms with Crippen LogP contribution in [-0.4, -0.2) is 105 Å². The van der Waals surface area contributed by atoms with Crippen LogP contribution in [0.1, 0.15) is 89.9 Å². The number of amides is 2. The predicted octanol–water partition coefficient (Wildman–Crippen LogP) is 8.27. The van der Waals surface area contributed by atoms with E-state index in [2.05, 4.69) is 29.6 Å². The lowest BCUT2D eigenvalue weighted by atomic mass is 9.78. The summed E-state index contributed by atoms with van der Waals surface area (Å²) in [6, 6.07) is 21.0. The Kier molecular flexibility index (Phi) is 13.0. The van der Waals surface area contributed by atoms with E-state index in [0.717, 1.165) is 127 Å². The number of halogens is 2. The molecule has 4 saturated heterocycles. The van der Waals surface area contributed by atoms with E-state index in [1.54, 1.807) is 60.9 Å². The first-order valence-corrected chi connectivity index (χ1v) is 23.3. The van der Waals surface area contributed by atoms with E-state index in [1.807, 2.05) is 12.1 Å². The Balaban J connectivity index is 0.000000162. The Morgan fingerprint density at radius 3 is 1.34 bits per heavy atom. The first-order chi connectivity index (χ1) is 31.1. The molecule has 6 fully saturated rings. The summed E-state index contributed by atoms with van der Waals surface area (Å²) in [5.74, 6) is 0.605. The van der Waals surface area contributed by atoms with Crippen molar-refractivity contribution in [2.45, 2.75) is 114 Å². The Morgan fingerprint density at radius 1 is 0.547 bits per heavy atom. The number of anilines is 2. The maximum absolute atomic E-state index is 14.8. The quantitative estimate of drug-likeness (QED) is 0.178. The van der Waals surface area contributed by atoms with Crippen molar-refractivity contribution in [3.8, 4) is 23.3 Å². The number of nitrogens with zero attached hydrogens (tertiary/aromatic N) is 6. The average Bonchev–Trinajstić information content (AvgIpc) is 3.79. The molecule has 12 nitrogen and oxygen atoms in total. The van der Waals surface area contributed by atoms with Gasteiger partial charge in [-0.2, -0.15) is 0 Å². The van der Waals surface area contributed by atoms with Crippen molar-refractivity contribution in [1.29, 1.82) is 0 Å². The number of aliphatic hydroxyl groups is 2. The molecule has 4 aliphatic heterocycles.